The van der Waals surface area contributed by atoms with Crippen LogP contribution in [0.1, 0.15) is 37.0 Å². The van der Waals surface area contributed by atoms with E-state index in [1.54, 1.807) is 6.07 Å². The van der Waals surface area contributed by atoms with Gasteiger partial charge < -0.3 is 11.5 Å². The van der Waals surface area contributed by atoms with Crippen molar-refractivity contribution in [3.63, 3.8) is 0 Å². The molecule has 1 unspecified atom stereocenters. The van der Waals surface area contributed by atoms with E-state index in [1.807, 2.05) is 0 Å². The number of halogens is 1. The van der Waals surface area contributed by atoms with Crippen molar-refractivity contribution in [2.45, 2.75) is 26.7 Å². The zero-order chi connectivity index (χ0) is 13.7. The molecular formula is C13H20ClN3O. The summed E-state index contributed by atoms with van der Waals surface area (Å²) in [5.41, 5.74) is 11.8. The highest BCUT2D eigenvalue weighted by atomic mass is 35.5. The van der Waals surface area contributed by atoms with Gasteiger partial charge in [0, 0.05) is 12.6 Å². The minimum Gasteiger partial charge on any atom is -0.383 e. The summed E-state index contributed by atoms with van der Waals surface area (Å²) in [6, 6.07) is 1.56. The first kappa shape index (κ1) is 14.9. The maximum absolute atomic E-state index is 12.1. The van der Waals surface area contributed by atoms with Gasteiger partial charge in [0.25, 0.3) is 0 Å². The molecule has 1 rings (SSSR count). The third-order valence-corrected chi connectivity index (χ3v) is 3.00. The molecule has 0 saturated carbocycles. The lowest BCUT2D eigenvalue weighted by Crippen LogP contribution is -2.20. The minimum atomic E-state index is -0.0430. The first-order chi connectivity index (χ1) is 8.43. The number of carbonyl (C=O) groups excluding carboxylic acids is 1. The Morgan fingerprint density at radius 2 is 2.17 bits per heavy atom. The van der Waals surface area contributed by atoms with Gasteiger partial charge in [-0.1, -0.05) is 25.4 Å². The number of rotatable bonds is 6. The van der Waals surface area contributed by atoms with Crippen LogP contribution in [0, 0.1) is 11.8 Å². The van der Waals surface area contributed by atoms with Crippen LogP contribution in [0.3, 0.4) is 0 Å². The molecule has 0 fully saturated rings. The Bertz CT molecular complexity index is 421. The van der Waals surface area contributed by atoms with Crippen molar-refractivity contribution in [3.05, 3.63) is 22.8 Å². The van der Waals surface area contributed by atoms with Crippen LogP contribution in [0.2, 0.25) is 5.02 Å². The molecule has 0 bridgehead atoms. The second kappa shape index (κ2) is 6.71. The normalized spacial score (nSPS) is 12.7. The lowest BCUT2D eigenvalue weighted by Gasteiger charge is -2.16. The largest absolute Gasteiger partial charge is 0.383 e. The highest BCUT2D eigenvalue weighted by Gasteiger charge is 2.18. The molecule has 0 radical (unpaired) electrons. The summed E-state index contributed by atoms with van der Waals surface area (Å²) < 4.78 is 0. The Morgan fingerprint density at radius 1 is 1.50 bits per heavy atom. The van der Waals surface area contributed by atoms with Crippen molar-refractivity contribution < 1.29 is 4.79 Å². The summed E-state index contributed by atoms with van der Waals surface area (Å²) in [4.78, 5) is 16.0. The summed E-state index contributed by atoms with van der Waals surface area (Å²) in [5, 5.41) is 0.417. The first-order valence-electron chi connectivity index (χ1n) is 6.08. The molecule has 0 aromatic carbocycles. The molecule has 18 heavy (non-hydrogen) atoms. The molecular weight excluding hydrogens is 250 g/mol. The van der Waals surface area contributed by atoms with Gasteiger partial charge in [-0.3, -0.25) is 4.79 Å². The van der Waals surface area contributed by atoms with E-state index in [0.717, 1.165) is 6.42 Å². The van der Waals surface area contributed by atoms with Crippen molar-refractivity contribution in [1.82, 2.24) is 4.98 Å². The molecule has 5 heteroatoms. The molecule has 1 aromatic heterocycles. The van der Waals surface area contributed by atoms with Crippen LogP contribution in [0.4, 0.5) is 5.82 Å². The number of hydrogen-bond donors (Lipinski definition) is 2. The average molecular weight is 270 g/mol. The van der Waals surface area contributed by atoms with Crippen LogP contribution in [-0.4, -0.2) is 17.3 Å². The zero-order valence-corrected chi connectivity index (χ0v) is 11.6. The topological polar surface area (TPSA) is 82.0 Å². The van der Waals surface area contributed by atoms with E-state index in [-0.39, 0.29) is 17.5 Å². The summed E-state index contributed by atoms with van der Waals surface area (Å²) in [5.74, 6) is 0.875. The quantitative estimate of drug-likeness (QED) is 0.778. The molecule has 4 N–H and O–H groups in total. The van der Waals surface area contributed by atoms with E-state index in [0.29, 0.717) is 29.5 Å². The van der Waals surface area contributed by atoms with Crippen molar-refractivity contribution in [2.75, 3.05) is 12.3 Å². The van der Waals surface area contributed by atoms with Crippen LogP contribution in [0.5, 0.6) is 0 Å². The van der Waals surface area contributed by atoms with E-state index in [2.05, 4.69) is 18.8 Å². The van der Waals surface area contributed by atoms with Crippen LogP contribution in [0.25, 0.3) is 0 Å². The highest BCUT2D eigenvalue weighted by Crippen LogP contribution is 2.21. The number of Topliss-reactive ketones (excluding diaryl/α,β-unsaturated/α-hetero) is 1. The van der Waals surface area contributed by atoms with E-state index < -0.39 is 0 Å². The summed E-state index contributed by atoms with van der Waals surface area (Å²) >= 11 is 5.82. The smallest absolute Gasteiger partial charge is 0.166 e. The molecule has 0 spiro atoms. The summed E-state index contributed by atoms with van der Waals surface area (Å²) in [6.07, 6.45) is 2.75. The fourth-order valence-corrected chi connectivity index (χ4v) is 2.13. The SMILES string of the molecule is CC(C)CC(CN)CC(=O)c1cc(Cl)cnc1N. The third kappa shape index (κ3) is 4.27. The Labute approximate surface area is 113 Å². The molecule has 1 heterocycles. The Hall–Kier alpha value is -1.13. The lowest BCUT2D eigenvalue weighted by molar-refractivity contribution is 0.0958. The van der Waals surface area contributed by atoms with Gasteiger partial charge in [-0.05, 0) is 30.9 Å². The predicted molar refractivity (Wildman–Crippen MR) is 74.6 cm³/mol. The molecule has 0 aliphatic rings. The number of ketones is 1. The maximum atomic E-state index is 12.1. The van der Waals surface area contributed by atoms with Gasteiger partial charge in [0.1, 0.15) is 5.82 Å². The van der Waals surface area contributed by atoms with Crippen LogP contribution in [0.15, 0.2) is 12.3 Å². The molecule has 0 aliphatic carbocycles. The van der Waals surface area contributed by atoms with Crippen molar-refractivity contribution in [2.24, 2.45) is 17.6 Å². The van der Waals surface area contributed by atoms with Gasteiger partial charge in [0.05, 0.1) is 10.6 Å². The van der Waals surface area contributed by atoms with Gasteiger partial charge in [-0.15, -0.1) is 0 Å². The number of anilines is 1. The van der Waals surface area contributed by atoms with Gasteiger partial charge in [-0.25, -0.2) is 4.98 Å². The predicted octanol–water partition coefficient (Wildman–Crippen LogP) is 2.51. The number of aromatic nitrogens is 1. The Morgan fingerprint density at radius 3 is 2.72 bits per heavy atom. The molecule has 1 atom stereocenters. The van der Waals surface area contributed by atoms with E-state index in [9.17, 15) is 4.79 Å². The molecule has 4 nitrogen and oxygen atoms in total. The number of nitrogen functional groups attached to an aromatic ring is 1. The number of pyridine rings is 1. The van der Waals surface area contributed by atoms with Crippen LogP contribution < -0.4 is 11.5 Å². The van der Waals surface area contributed by atoms with E-state index >= 15 is 0 Å². The molecule has 0 saturated heterocycles. The first-order valence-corrected chi connectivity index (χ1v) is 6.46. The monoisotopic (exact) mass is 269 g/mol. The second-order valence-corrected chi connectivity index (χ2v) is 5.38. The van der Waals surface area contributed by atoms with Gasteiger partial charge in [0.15, 0.2) is 5.78 Å². The minimum absolute atomic E-state index is 0.0430. The third-order valence-electron chi connectivity index (χ3n) is 2.80. The van der Waals surface area contributed by atoms with Crippen LogP contribution >= 0.6 is 11.6 Å². The van der Waals surface area contributed by atoms with Gasteiger partial charge >= 0.3 is 0 Å². The molecule has 0 aliphatic heterocycles. The van der Waals surface area contributed by atoms with E-state index in [1.165, 1.54) is 6.20 Å². The van der Waals surface area contributed by atoms with E-state index in [4.69, 9.17) is 23.1 Å². The summed E-state index contributed by atoms with van der Waals surface area (Å²) in [6.45, 7) is 4.72. The van der Waals surface area contributed by atoms with Crippen molar-refractivity contribution >= 4 is 23.2 Å². The second-order valence-electron chi connectivity index (χ2n) is 4.94. The maximum Gasteiger partial charge on any atom is 0.166 e. The number of hydrogen-bond acceptors (Lipinski definition) is 4. The Kier molecular flexibility index (Phi) is 5.56. The van der Waals surface area contributed by atoms with Crippen molar-refractivity contribution in [1.29, 1.82) is 0 Å². The number of nitrogens with two attached hydrogens (primary N) is 2. The molecule has 0 amide bonds. The fraction of sp³-hybridized carbons (Fsp3) is 0.538. The van der Waals surface area contributed by atoms with Crippen molar-refractivity contribution in [3.8, 4) is 0 Å². The average Bonchev–Trinajstić information content (AvgIpc) is 2.30. The summed E-state index contributed by atoms with van der Waals surface area (Å²) in [7, 11) is 0. The number of nitrogens with zero attached hydrogens (tertiary/aromatic N) is 1. The Balaban J connectivity index is 2.77. The van der Waals surface area contributed by atoms with Crippen LogP contribution in [-0.2, 0) is 0 Å². The number of carbonyl (C=O) groups is 1. The molecule has 100 valence electrons. The fourth-order valence-electron chi connectivity index (χ4n) is 1.97. The molecule has 1 aromatic rings. The van der Waals surface area contributed by atoms with Gasteiger partial charge in [0.2, 0.25) is 0 Å². The highest BCUT2D eigenvalue weighted by molar-refractivity contribution is 6.31. The standard InChI is InChI=1S/C13H20ClN3O/c1-8(2)3-9(6-15)4-12(18)11-5-10(14)7-17-13(11)16/h5,7-9H,3-4,6,15H2,1-2H3,(H2,16,17). The zero-order valence-electron chi connectivity index (χ0n) is 10.8. The lowest BCUT2D eigenvalue weighted by atomic mass is 9.91. The van der Waals surface area contributed by atoms with Gasteiger partial charge in [-0.2, -0.15) is 0 Å².